The molecule has 0 aromatic heterocycles. The predicted molar refractivity (Wildman–Crippen MR) is 116 cm³/mol. The first-order valence-electron chi connectivity index (χ1n) is 10.6. The summed E-state index contributed by atoms with van der Waals surface area (Å²) in [6.07, 6.45) is -0.114. The van der Waals surface area contributed by atoms with Crippen LogP contribution in [0.4, 0.5) is 0 Å². The Morgan fingerprint density at radius 1 is 0.618 bits per heavy atom. The number of aliphatic hydroxyl groups excluding tert-OH is 1. The van der Waals surface area contributed by atoms with E-state index in [1.807, 2.05) is 0 Å². The monoisotopic (exact) mass is 632 g/mol. The van der Waals surface area contributed by atoms with Crippen molar-refractivity contribution in [3.8, 4) is 0 Å². The van der Waals surface area contributed by atoms with Gasteiger partial charge in [0.25, 0.3) is 0 Å². The standard InChI is InChI=1S/C20H34N4O9.Gd/c1-15(25)16(2-3-17(26)27)24-10-8-22(13-19(30)31)6-4-21(12-18(28)29)5-7-23(9-11-24)14-20(32)33;/h16,25H,1-14H2,(H,26,27)(H,28,29)(H,30,31)(H,32,33);/t16-;/m1./s1. The number of rotatable bonds is 11. The number of carbonyl (C=O) groups is 4. The number of aliphatic carboxylic acids is 4. The van der Waals surface area contributed by atoms with Gasteiger partial charge in [-0.05, 0) is 6.42 Å². The third kappa shape index (κ3) is 14.1. The molecule has 13 nitrogen and oxygen atoms in total. The second-order valence-electron chi connectivity index (χ2n) is 7.99. The van der Waals surface area contributed by atoms with Gasteiger partial charge < -0.3 is 25.5 Å². The van der Waals surface area contributed by atoms with Gasteiger partial charge >= 0.3 is 23.9 Å². The van der Waals surface area contributed by atoms with E-state index in [1.165, 1.54) is 0 Å². The van der Waals surface area contributed by atoms with Gasteiger partial charge in [0.05, 0.1) is 25.7 Å². The van der Waals surface area contributed by atoms with Crippen molar-refractivity contribution in [3.05, 3.63) is 12.3 Å². The van der Waals surface area contributed by atoms with Crippen LogP contribution in [0.2, 0.25) is 0 Å². The van der Waals surface area contributed by atoms with Crippen molar-refractivity contribution in [1.29, 1.82) is 0 Å². The minimum Gasteiger partial charge on any atom is -0.511 e. The number of nitrogens with zero attached hydrogens (tertiary/aromatic N) is 4. The summed E-state index contributed by atoms with van der Waals surface area (Å²) in [7, 11) is 0. The SMILES string of the molecule is C=C(O)[C@@H](CCC(=O)O)N1CCN(CC(=O)O)CCN(CC(=O)O)CCN(CC(=O)O)CC1.[Gd]. The molecule has 0 saturated carbocycles. The van der Waals surface area contributed by atoms with Crippen LogP contribution in [0.1, 0.15) is 12.8 Å². The van der Waals surface area contributed by atoms with E-state index in [9.17, 15) is 39.6 Å². The number of carboxylic acid groups (broad SMARTS) is 4. The number of carboxylic acids is 4. The summed E-state index contributed by atoms with van der Waals surface area (Å²) in [6.45, 7) is 4.94. The molecule has 1 rings (SSSR count). The summed E-state index contributed by atoms with van der Waals surface area (Å²) in [5.74, 6) is -4.37. The van der Waals surface area contributed by atoms with E-state index in [1.54, 1.807) is 19.6 Å². The summed E-state index contributed by atoms with van der Waals surface area (Å²) in [5.41, 5.74) is 0. The normalized spacial score (nSPS) is 18.6. The fourth-order valence-electron chi connectivity index (χ4n) is 3.73. The number of aliphatic hydroxyl groups is 1. The smallest absolute Gasteiger partial charge is 0.317 e. The van der Waals surface area contributed by atoms with Crippen LogP contribution in [-0.2, 0) is 19.2 Å². The molecule has 0 aliphatic carbocycles. The third-order valence-corrected chi connectivity index (χ3v) is 5.41. The molecule has 1 fully saturated rings. The first-order valence-corrected chi connectivity index (χ1v) is 10.6. The first kappa shape index (κ1) is 32.6. The first-order chi connectivity index (χ1) is 15.5. The molecule has 1 saturated heterocycles. The molecular weight excluding hydrogens is 597 g/mol. The van der Waals surface area contributed by atoms with E-state index in [4.69, 9.17) is 5.11 Å². The minimum atomic E-state index is -1.04. The second kappa shape index (κ2) is 17.1. The van der Waals surface area contributed by atoms with Crippen molar-refractivity contribution in [2.45, 2.75) is 18.9 Å². The van der Waals surface area contributed by atoms with Gasteiger partial charge in [0, 0.05) is 98.7 Å². The van der Waals surface area contributed by atoms with E-state index >= 15 is 0 Å². The van der Waals surface area contributed by atoms with Gasteiger partial charge in [0.15, 0.2) is 0 Å². The zero-order valence-corrected chi connectivity index (χ0v) is 21.3. The maximum Gasteiger partial charge on any atom is 0.317 e. The zero-order chi connectivity index (χ0) is 25.0. The minimum absolute atomic E-state index is 0. The van der Waals surface area contributed by atoms with Crippen LogP contribution in [0.5, 0.6) is 0 Å². The van der Waals surface area contributed by atoms with Crippen LogP contribution >= 0.6 is 0 Å². The predicted octanol–water partition coefficient (Wildman–Crippen LogP) is -1.23. The van der Waals surface area contributed by atoms with Crippen molar-refractivity contribution >= 4 is 23.9 Å². The van der Waals surface area contributed by atoms with Crippen LogP contribution in [0.3, 0.4) is 0 Å². The van der Waals surface area contributed by atoms with E-state index < -0.39 is 29.9 Å². The molecular formula is C20H34GdN4O9. The fourth-order valence-corrected chi connectivity index (χ4v) is 3.73. The van der Waals surface area contributed by atoms with Gasteiger partial charge in [-0.1, -0.05) is 6.58 Å². The van der Waals surface area contributed by atoms with Gasteiger partial charge in [-0.15, -0.1) is 0 Å². The van der Waals surface area contributed by atoms with Crippen LogP contribution in [0.25, 0.3) is 0 Å². The van der Waals surface area contributed by atoms with E-state index in [0.29, 0.717) is 0 Å². The number of hydrogen-bond donors (Lipinski definition) is 5. The molecule has 0 amide bonds. The Hall–Kier alpha value is -1.42. The molecule has 0 radical (unpaired) electrons. The van der Waals surface area contributed by atoms with Gasteiger partial charge in [-0.25, -0.2) is 0 Å². The molecule has 0 bridgehead atoms. The summed E-state index contributed by atoms with van der Waals surface area (Å²) < 4.78 is 0. The van der Waals surface area contributed by atoms with Crippen molar-refractivity contribution in [2.24, 2.45) is 0 Å². The molecule has 0 spiro atoms. The molecule has 0 unspecified atom stereocenters. The maximum atomic E-state index is 11.3. The summed E-state index contributed by atoms with van der Waals surface area (Å²) in [5, 5.41) is 46.8. The fraction of sp³-hybridized carbons (Fsp3) is 0.700. The summed E-state index contributed by atoms with van der Waals surface area (Å²) in [6, 6.07) is -0.689. The molecule has 14 heteroatoms. The Morgan fingerprint density at radius 2 is 0.941 bits per heavy atom. The molecule has 5 N–H and O–H groups in total. The molecule has 34 heavy (non-hydrogen) atoms. The van der Waals surface area contributed by atoms with Gasteiger partial charge in [-0.2, -0.15) is 0 Å². The Kier molecular flexibility index (Phi) is 16.4. The average molecular weight is 632 g/mol. The second-order valence-corrected chi connectivity index (χ2v) is 7.99. The largest absolute Gasteiger partial charge is 0.511 e. The van der Waals surface area contributed by atoms with Crippen LogP contribution in [-0.4, -0.2) is 147 Å². The van der Waals surface area contributed by atoms with Crippen LogP contribution in [0.15, 0.2) is 12.3 Å². The van der Waals surface area contributed by atoms with Crippen LogP contribution in [0, 0.1) is 39.9 Å². The molecule has 1 aliphatic rings. The number of hydrogen-bond acceptors (Lipinski definition) is 9. The van der Waals surface area contributed by atoms with Crippen LogP contribution < -0.4 is 0 Å². The van der Waals surface area contributed by atoms with E-state index in [0.717, 1.165) is 0 Å². The maximum absolute atomic E-state index is 11.3. The van der Waals surface area contributed by atoms with Gasteiger partial charge in [0.2, 0.25) is 0 Å². The van der Waals surface area contributed by atoms with Crippen molar-refractivity contribution in [3.63, 3.8) is 0 Å². The molecule has 0 aromatic rings. The summed E-state index contributed by atoms with van der Waals surface area (Å²) >= 11 is 0. The average Bonchev–Trinajstić information content (AvgIpc) is 2.67. The molecule has 1 atom stereocenters. The molecule has 1 aliphatic heterocycles. The van der Waals surface area contributed by atoms with Crippen molar-refractivity contribution in [1.82, 2.24) is 19.6 Å². The topological polar surface area (TPSA) is 182 Å². The Balaban J connectivity index is 0.0000109. The van der Waals surface area contributed by atoms with E-state index in [-0.39, 0.29) is 131 Å². The zero-order valence-electron chi connectivity index (χ0n) is 19.0. The Morgan fingerprint density at radius 3 is 1.21 bits per heavy atom. The van der Waals surface area contributed by atoms with Crippen molar-refractivity contribution < 1.29 is 84.7 Å². The van der Waals surface area contributed by atoms with Gasteiger partial charge in [0.1, 0.15) is 5.76 Å². The van der Waals surface area contributed by atoms with Crippen molar-refractivity contribution in [2.75, 3.05) is 72.0 Å². The Bertz CT molecular complexity index is 678. The molecule has 196 valence electrons. The third-order valence-electron chi connectivity index (χ3n) is 5.41. The summed E-state index contributed by atoms with van der Waals surface area (Å²) in [4.78, 5) is 51.6. The van der Waals surface area contributed by atoms with E-state index in [2.05, 4.69) is 6.58 Å². The van der Waals surface area contributed by atoms with Gasteiger partial charge in [-0.3, -0.25) is 38.8 Å². The quantitative estimate of drug-likeness (QED) is 0.171. The molecule has 1 heterocycles. The Labute approximate surface area is 230 Å². The molecule has 0 aromatic carbocycles.